The van der Waals surface area contributed by atoms with Crippen LogP contribution in [-0.4, -0.2) is 20.8 Å². The van der Waals surface area contributed by atoms with Crippen molar-refractivity contribution in [1.29, 1.82) is 0 Å². The lowest BCUT2D eigenvalue weighted by Gasteiger charge is -2.04. The lowest BCUT2D eigenvalue weighted by molar-refractivity contribution is 0.102. The molecule has 0 aliphatic heterocycles. The summed E-state index contributed by atoms with van der Waals surface area (Å²) in [6.07, 6.45) is 2.43. The average molecular weight is 294 g/mol. The van der Waals surface area contributed by atoms with Gasteiger partial charge in [-0.25, -0.2) is 4.68 Å². The number of nitrogens with zero attached hydrogens (tertiary/aromatic N) is 3. The molecule has 4 nitrogen and oxygen atoms in total. The Morgan fingerprint density at radius 2 is 2.29 bits per heavy atom. The molecule has 88 valence electrons. The van der Waals surface area contributed by atoms with Gasteiger partial charge >= 0.3 is 0 Å². The second-order valence-corrected chi connectivity index (χ2v) is 4.60. The summed E-state index contributed by atoms with van der Waals surface area (Å²) in [5.41, 5.74) is 1.17. The van der Waals surface area contributed by atoms with Crippen molar-refractivity contribution < 1.29 is 4.79 Å². The molecule has 0 aliphatic carbocycles. The first-order valence-corrected chi connectivity index (χ1v) is 6.20. The zero-order valence-electron chi connectivity index (χ0n) is 9.43. The number of rotatable bonds is 4. The van der Waals surface area contributed by atoms with Crippen molar-refractivity contribution in [3.05, 3.63) is 46.2 Å². The standard InChI is InChI=1S/C12H12BrN3O/c1-2-6-16-11(8-14-15-16)12(17)9-4-3-5-10(13)7-9/h3-5,7-8H,2,6H2,1H3. The van der Waals surface area contributed by atoms with E-state index >= 15 is 0 Å². The Balaban J connectivity index is 2.33. The van der Waals surface area contributed by atoms with E-state index in [1.807, 2.05) is 19.1 Å². The van der Waals surface area contributed by atoms with Gasteiger partial charge in [-0.2, -0.15) is 0 Å². The molecule has 0 N–H and O–H groups in total. The monoisotopic (exact) mass is 293 g/mol. The Hall–Kier alpha value is -1.49. The maximum atomic E-state index is 12.2. The molecule has 0 bridgehead atoms. The van der Waals surface area contributed by atoms with Gasteiger partial charge in [0.15, 0.2) is 0 Å². The topological polar surface area (TPSA) is 47.8 Å². The number of aryl methyl sites for hydroxylation is 1. The summed E-state index contributed by atoms with van der Waals surface area (Å²) in [5.74, 6) is -0.0512. The maximum Gasteiger partial charge on any atom is 0.212 e. The van der Waals surface area contributed by atoms with E-state index in [1.165, 1.54) is 6.20 Å². The number of carbonyl (C=O) groups excluding carboxylic acids is 1. The van der Waals surface area contributed by atoms with E-state index in [9.17, 15) is 4.79 Å². The van der Waals surface area contributed by atoms with Gasteiger partial charge in [-0.3, -0.25) is 4.79 Å². The highest BCUT2D eigenvalue weighted by atomic mass is 79.9. The van der Waals surface area contributed by atoms with Gasteiger partial charge in [0, 0.05) is 16.6 Å². The fourth-order valence-corrected chi connectivity index (χ4v) is 1.99. The molecular formula is C12H12BrN3O. The van der Waals surface area contributed by atoms with E-state index in [0.717, 1.165) is 10.9 Å². The van der Waals surface area contributed by atoms with Crippen LogP contribution >= 0.6 is 15.9 Å². The van der Waals surface area contributed by atoms with Crippen molar-refractivity contribution in [1.82, 2.24) is 15.0 Å². The smallest absolute Gasteiger partial charge is 0.212 e. The summed E-state index contributed by atoms with van der Waals surface area (Å²) in [5, 5.41) is 7.70. The summed E-state index contributed by atoms with van der Waals surface area (Å²) in [6, 6.07) is 7.31. The predicted molar refractivity (Wildman–Crippen MR) is 67.9 cm³/mol. The molecule has 0 fully saturated rings. The minimum atomic E-state index is -0.0512. The van der Waals surface area contributed by atoms with Crippen molar-refractivity contribution >= 4 is 21.7 Å². The number of carbonyl (C=O) groups is 1. The molecular weight excluding hydrogens is 282 g/mol. The molecule has 0 atom stereocenters. The predicted octanol–water partition coefficient (Wildman–Crippen LogP) is 2.68. The zero-order chi connectivity index (χ0) is 12.3. The first kappa shape index (κ1) is 12.0. The van der Waals surface area contributed by atoms with Crippen molar-refractivity contribution in [2.75, 3.05) is 0 Å². The minimum absolute atomic E-state index is 0.0512. The first-order valence-electron chi connectivity index (χ1n) is 5.41. The molecule has 2 rings (SSSR count). The number of aromatic nitrogens is 3. The molecule has 2 aromatic rings. The molecule has 0 amide bonds. The zero-order valence-corrected chi connectivity index (χ0v) is 11.0. The number of hydrogen-bond acceptors (Lipinski definition) is 3. The summed E-state index contributed by atoms with van der Waals surface area (Å²) in [7, 11) is 0. The lowest BCUT2D eigenvalue weighted by Crippen LogP contribution is -2.11. The molecule has 0 radical (unpaired) electrons. The summed E-state index contributed by atoms with van der Waals surface area (Å²) in [4.78, 5) is 12.2. The van der Waals surface area contributed by atoms with Crippen LogP contribution in [0.4, 0.5) is 0 Å². The normalized spacial score (nSPS) is 10.5. The van der Waals surface area contributed by atoms with Crippen LogP contribution in [0.5, 0.6) is 0 Å². The number of halogens is 1. The fraction of sp³-hybridized carbons (Fsp3) is 0.250. The third-order valence-electron chi connectivity index (χ3n) is 2.37. The van der Waals surface area contributed by atoms with E-state index in [1.54, 1.807) is 16.8 Å². The van der Waals surface area contributed by atoms with Crippen LogP contribution in [0.3, 0.4) is 0 Å². The van der Waals surface area contributed by atoms with Crippen molar-refractivity contribution in [3.8, 4) is 0 Å². The van der Waals surface area contributed by atoms with Gasteiger partial charge in [0.25, 0.3) is 0 Å². The van der Waals surface area contributed by atoms with Crippen molar-refractivity contribution in [3.63, 3.8) is 0 Å². The quantitative estimate of drug-likeness (QED) is 0.815. The Labute approximate surface area is 108 Å². The van der Waals surface area contributed by atoms with E-state index in [-0.39, 0.29) is 5.78 Å². The van der Waals surface area contributed by atoms with E-state index in [4.69, 9.17) is 0 Å². The van der Waals surface area contributed by atoms with Crippen molar-refractivity contribution in [2.45, 2.75) is 19.9 Å². The molecule has 0 spiro atoms. The third-order valence-corrected chi connectivity index (χ3v) is 2.87. The van der Waals surface area contributed by atoms with Crippen LogP contribution in [0.15, 0.2) is 34.9 Å². The molecule has 1 heterocycles. The van der Waals surface area contributed by atoms with E-state index < -0.39 is 0 Å². The number of benzene rings is 1. The molecule has 0 unspecified atom stereocenters. The summed E-state index contributed by atoms with van der Waals surface area (Å²) < 4.78 is 2.53. The van der Waals surface area contributed by atoms with Crippen LogP contribution in [0.25, 0.3) is 0 Å². The van der Waals surface area contributed by atoms with Crippen LogP contribution < -0.4 is 0 Å². The van der Waals surface area contributed by atoms with Gasteiger partial charge in [-0.15, -0.1) is 5.10 Å². The highest BCUT2D eigenvalue weighted by molar-refractivity contribution is 9.10. The average Bonchev–Trinajstić information content (AvgIpc) is 2.77. The first-order chi connectivity index (χ1) is 8.22. The van der Waals surface area contributed by atoms with Gasteiger partial charge in [0.2, 0.25) is 5.78 Å². The SMILES string of the molecule is CCCn1nncc1C(=O)c1cccc(Br)c1. The van der Waals surface area contributed by atoms with Gasteiger partial charge in [-0.05, 0) is 18.6 Å². The molecule has 0 aliphatic rings. The largest absolute Gasteiger partial charge is 0.287 e. The molecule has 17 heavy (non-hydrogen) atoms. The molecule has 5 heteroatoms. The molecule has 0 saturated carbocycles. The maximum absolute atomic E-state index is 12.2. The molecule has 1 aromatic heterocycles. The fourth-order valence-electron chi connectivity index (χ4n) is 1.59. The lowest BCUT2D eigenvalue weighted by atomic mass is 10.1. The summed E-state index contributed by atoms with van der Waals surface area (Å²) >= 11 is 3.35. The van der Waals surface area contributed by atoms with E-state index in [0.29, 0.717) is 17.8 Å². The number of hydrogen-bond donors (Lipinski definition) is 0. The van der Waals surface area contributed by atoms with Gasteiger partial charge in [0.1, 0.15) is 5.69 Å². The second kappa shape index (κ2) is 5.23. The minimum Gasteiger partial charge on any atom is -0.287 e. The number of ketones is 1. The highest BCUT2D eigenvalue weighted by Crippen LogP contribution is 2.15. The molecule has 1 aromatic carbocycles. The van der Waals surface area contributed by atoms with Crippen LogP contribution in [0, 0.1) is 0 Å². The van der Waals surface area contributed by atoms with Gasteiger partial charge in [0.05, 0.1) is 6.20 Å². The highest BCUT2D eigenvalue weighted by Gasteiger charge is 2.14. The van der Waals surface area contributed by atoms with Crippen molar-refractivity contribution in [2.24, 2.45) is 0 Å². The molecule has 0 saturated heterocycles. The Bertz CT molecular complexity index is 536. The Morgan fingerprint density at radius 1 is 1.47 bits per heavy atom. The van der Waals surface area contributed by atoms with Crippen LogP contribution in [-0.2, 0) is 6.54 Å². The third kappa shape index (κ3) is 2.61. The van der Waals surface area contributed by atoms with Gasteiger partial charge in [-0.1, -0.05) is 40.2 Å². The second-order valence-electron chi connectivity index (χ2n) is 3.68. The van der Waals surface area contributed by atoms with Crippen LogP contribution in [0.2, 0.25) is 0 Å². The summed E-state index contributed by atoms with van der Waals surface area (Å²) in [6.45, 7) is 2.74. The van der Waals surface area contributed by atoms with E-state index in [2.05, 4.69) is 26.2 Å². The Kier molecular flexibility index (Phi) is 3.68. The van der Waals surface area contributed by atoms with Gasteiger partial charge < -0.3 is 0 Å². The Morgan fingerprint density at radius 3 is 3.00 bits per heavy atom. The van der Waals surface area contributed by atoms with Crippen LogP contribution in [0.1, 0.15) is 29.4 Å².